The van der Waals surface area contributed by atoms with E-state index in [1.807, 2.05) is 30.3 Å². The summed E-state index contributed by atoms with van der Waals surface area (Å²) in [5, 5.41) is 6.75. The molecule has 2 aromatic carbocycles. The zero-order valence-corrected chi connectivity index (χ0v) is 16.0. The first-order valence-corrected chi connectivity index (χ1v) is 9.43. The van der Waals surface area contributed by atoms with Crippen LogP contribution in [-0.2, 0) is 11.6 Å². The van der Waals surface area contributed by atoms with Gasteiger partial charge in [-0.15, -0.1) is 0 Å². The highest BCUT2D eigenvalue weighted by Crippen LogP contribution is 2.47. The van der Waals surface area contributed by atoms with Crippen molar-refractivity contribution in [3.05, 3.63) is 82.6 Å². The Balaban J connectivity index is 1.61. The normalized spacial score (nSPS) is 15.2. The van der Waals surface area contributed by atoms with Gasteiger partial charge >= 0.3 is 6.18 Å². The first-order valence-electron chi connectivity index (χ1n) is 9.05. The number of rotatable bonds is 5. The lowest BCUT2D eigenvalue weighted by molar-refractivity contribution is -0.143. The van der Waals surface area contributed by atoms with Crippen LogP contribution >= 0.6 is 11.6 Å². The molecule has 0 bridgehead atoms. The molecule has 4 rings (SSSR count). The molecule has 1 fully saturated rings. The number of aromatic nitrogens is 2. The Morgan fingerprint density at radius 2 is 1.86 bits per heavy atom. The molecule has 1 saturated carbocycles. The van der Waals surface area contributed by atoms with Crippen LogP contribution in [0.1, 0.15) is 34.5 Å². The van der Waals surface area contributed by atoms with Crippen molar-refractivity contribution in [2.75, 3.05) is 6.54 Å². The van der Waals surface area contributed by atoms with Crippen molar-refractivity contribution in [1.82, 2.24) is 15.1 Å². The summed E-state index contributed by atoms with van der Waals surface area (Å²) in [6.07, 6.45) is -2.06. The van der Waals surface area contributed by atoms with E-state index in [1.165, 1.54) is 18.2 Å². The number of alkyl halides is 3. The highest BCUT2D eigenvalue weighted by molar-refractivity contribution is 6.30. The Hall–Kier alpha value is -2.80. The summed E-state index contributed by atoms with van der Waals surface area (Å²) in [6, 6.07) is 15.5. The second-order valence-electron chi connectivity index (χ2n) is 7.13. The lowest BCUT2D eigenvalue weighted by Gasteiger charge is -2.17. The Kier molecular flexibility index (Phi) is 4.86. The number of amides is 1. The van der Waals surface area contributed by atoms with E-state index in [4.69, 9.17) is 11.6 Å². The van der Waals surface area contributed by atoms with E-state index in [0.717, 1.165) is 24.6 Å². The van der Waals surface area contributed by atoms with Crippen LogP contribution in [0.5, 0.6) is 0 Å². The zero-order valence-electron chi connectivity index (χ0n) is 15.2. The second kappa shape index (κ2) is 7.22. The molecule has 29 heavy (non-hydrogen) atoms. The van der Waals surface area contributed by atoms with Gasteiger partial charge in [0.05, 0.1) is 17.4 Å². The summed E-state index contributed by atoms with van der Waals surface area (Å²) in [6.45, 7) is 0.273. The van der Waals surface area contributed by atoms with Crippen molar-refractivity contribution >= 4 is 17.5 Å². The highest BCUT2D eigenvalue weighted by Gasteiger charge is 2.45. The average Bonchev–Trinajstić information content (AvgIpc) is 3.34. The topological polar surface area (TPSA) is 46.9 Å². The van der Waals surface area contributed by atoms with Crippen LogP contribution in [0.2, 0.25) is 5.02 Å². The van der Waals surface area contributed by atoms with E-state index in [0.29, 0.717) is 4.68 Å². The monoisotopic (exact) mass is 419 g/mol. The molecule has 8 heteroatoms. The molecular weight excluding hydrogens is 403 g/mol. The predicted octanol–water partition coefficient (Wildman–Crippen LogP) is 5.01. The van der Waals surface area contributed by atoms with E-state index in [-0.39, 0.29) is 22.7 Å². The van der Waals surface area contributed by atoms with E-state index in [2.05, 4.69) is 10.4 Å². The Bertz CT molecular complexity index is 1040. The van der Waals surface area contributed by atoms with E-state index in [1.54, 1.807) is 6.07 Å². The molecule has 4 nitrogen and oxygen atoms in total. The predicted molar refractivity (Wildman–Crippen MR) is 103 cm³/mol. The minimum absolute atomic E-state index is 0.131. The van der Waals surface area contributed by atoms with Crippen LogP contribution in [0.4, 0.5) is 13.2 Å². The van der Waals surface area contributed by atoms with Crippen molar-refractivity contribution in [3.8, 4) is 5.69 Å². The van der Waals surface area contributed by atoms with Gasteiger partial charge in [0.2, 0.25) is 0 Å². The molecule has 0 radical (unpaired) electrons. The third-order valence-corrected chi connectivity index (χ3v) is 5.40. The summed E-state index contributed by atoms with van der Waals surface area (Å²) >= 11 is 5.89. The molecule has 0 aliphatic heterocycles. The van der Waals surface area contributed by atoms with Crippen molar-refractivity contribution in [3.63, 3.8) is 0 Å². The van der Waals surface area contributed by atoms with Gasteiger partial charge in [0.25, 0.3) is 5.91 Å². The van der Waals surface area contributed by atoms with Crippen LogP contribution in [0.3, 0.4) is 0 Å². The fraction of sp³-hybridized carbons (Fsp3) is 0.238. The molecule has 1 heterocycles. The molecule has 1 amide bonds. The Morgan fingerprint density at radius 3 is 2.48 bits per heavy atom. The van der Waals surface area contributed by atoms with Gasteiger partial charge in [0, 0.05) is 17.0 Å². The lowest BCUT2D eigenvalue weighted by atomic mass is 9.96. The highest BCUT2D eigenvalue weighted by atomic mass is 35.5. The van der Waals surface area contributed by atoms with Crippen molar-refractivity contribution in [1.29, 1.82) is 0 Å². The molecular formula is C21H17ClF3N3O. The molecule has 1 aliphatic rings. The standard InChI is InChI=1S/C21H17ClF3N3O/c22-15-7-4-8-16(11-15)28-18(21(23,24)25)17(12-27-28)19(29)26-13-20(9-10-20)14-5-2-1-3-6-14/h1-8,11-12H,9-10,13H2,(H,26,29). The number of hydrogen-bond acceptors (Lipinski definition) is 2. The van der Waals surface area contributed by atoms with E-state index >= 15 is 0 Å². The summed E-state index contributed by atoms with van der Waals surface area (Å²) < 4.78 is 42.0. The number of hydrogen-bond donors (Lipinski definition) is 1. The second-order valence-corrected chi connectivity index (χ2v) is 7.56. The van der Waals surface area contributed by atoms with Gasteiger partial charge in [-0.3, -0.25) is 4.79 Å². The summed E-state index contributed by atoms with van der Waals surface area (Å²) in [4.78, 5) is 12.6. The number of halogens is 4. The maximum Gasteiger partial charge on any atom is 0.434 e. The molecule has 1 aliphatic carbocycles. The van der Waals surface area contributed by atoms with Gasteiger partial charge in [0.1, 0.15) is 0 Å². The van der Waals surface area contributed by atoms with Crippen LogP contribution < -0.4 is 5.32 Å². The maximum absolute atomic E-state index is 13.8. The molecule has 150 valence electrons. The van der Waals surface area contributed by atoms with Gasteiger partial charge in [0.15, 0.2) is 5.69 Å². The van der Waals surface area contributed by atoms with Crippen molar-refractivity contribution < 1.29 is 18.0 Å². The summed E-state index contributed by atoms with van der Waals surface area (Å²) in [5.74, 6) is -0.798. The molecule has 1 N–H and O–H groups in total. The maximum atomic E-state index is 13.8. The molecule has 0 saturated heterocycles. The first-order chi connectivity index (χ1) is 13.8. The number of carbonyl (C=O) groups is 1. The largest absolute Gasteiger partial charge is 0.434 e. The van der Waals surface area contributed by atoms with Gasteiger partial charge in [-0.25, -0.2) is 4.68 Å². The summed E-state index contributed by atoms with van der Waals surface area (Å²) in [7, 11) is 0. The van der Waals surface area contributed by atoms with Crippen LogP contribution in [0, 0.1) is 0 Å². The smallest absolute Gasteiger partial charge is 0.351 e. The van der Waals surface area contributed by atoms with Gasteiger partial charge in [-0.05, 0) is 36.6 Å². The third kappa shape index (κ3) is 3.87. The lowest BCUT2D eigenvalue weighted by Crippen LogP contribution is -2.33. The van der Waals surface area contributed by atoms with Crippen LogP contribution in [-0.4, -0.2) is 22.2 Å². The molecule has 0 spiro atoms. The van der Waals surface area contributed by atoms with Gasteiger partial charge < -0.3 is 5.32 Å². The minimum Gasteiger partial charge on any atom is -0.351 e. The number of benzene rings is 2. The third-order valence-electron chi connectivity index (χ3n) is 5.16. The molecule has 3 aromatic rings. The van der Waals surface area contributed by atoms with Crippen molar-refractivity contribution in [2.45, 2.75) is 24.4 Å². The van der Waals surface area contributed by atoms with Crippen molar-refractivity contribution in [2.24, 2.45) is 0 Å². The summed E-state index contributed by atoms with van der Waals surface area (Å²) in [5.41, 5.74) is -0.640. The number of carbonyl (C=O) groups excluding carboxylic acids is 1. The Labute approximate surface area is 170 Å². The zero-order chi connectivity index (χ0) is 20.6. The van der Waals surface area contributed by atoms with Gasteiger partial charge in [-0.1, -0.05) is 48.0 Å². The SMILES string of the molecule is O=C(NCC1(c2ccccc2)CC1)c1cnn(-c2cccc(Cl)c2)c1C(F)(F)F. The molecule has 0 atom stereocenters. The van der Waals surface area contributed by atoms with E-state index in [9.17, 15) is 18.0 Å². The molecule has 1 aromatic heterocycles. The Morgan fingerprint density at radius 1 is 1.14 bits per heavy atom. The van der Waals surface area contributed by atoms with Crippen LogP contribution in [0.15, 0.2) is 60.8 Å². The number of nitrogens with zero attached hydrogens (tertiary/aromatic N) is 2. The average molecular weight is 420 g/mol. The molecule has 0 unspecified atom stereocenters. The first kappa shape index (κ1) is 19.5. The van der Waals surface area contributed by atoms with E-state index < -0.39 is 23.3 Å². The van der Waals surface area contributed by atoms with Gasteiger partial charge in [-0.2, -0.15) is 18.3 Å². The minimum atomic E-state index is -4.76. The fourth-order valence-corrected chi connectivity index (χ4v) is 3.63. The number of nitrogens with one attached hydrogen (secondary N) is 1. The van der Waals surface area contributed by atoms with Crippen LogP contribution in [0.25, 0.3) is 5.69 Å². The quantitative estimate of drug-likeness (QED) is 0.632. The fourth-order valence-electron chi connectivity index (χ4n) is 3.45.